The van der Waals surface area contributed by atoms with E-state index < -0.39 is 6.10 Å². The van der Waals surface area contributed by atoms with E-state index in [0.29, 0.717) is 12.5 Å². The summed E-state index contributed by atoms with van der Waals surface area (Å²) in [5.74, 6) is 0.583. The molecule has 2 atom stereocenters. The van der Waals surface area contributed by atoms with E-state index in [2.05, 4.69) is 24.3 Å². The van der Waals surface area contributed by atoms with Gasteiger partial charge < -0.3 is 4.74 Å². The molecule has 1 aromatic rings. The molecule has 99 valence electrons. The highest BCUT2D eigenvalue weighted by Gasteiger charge is 2.26. The second kappa shape index (κ2) is 6.91. The molecule has 0 heterocycles. The minimum Gasteiger partial charge on any atom is -0.370 e. The molecule has 18 heavy (non-hydrogen) atoms. The molecule has 0 spiro atoms. The molecule has 1 aliphatic rings. The van der Waals surface area contributed by atoms with Crippen LogP contribution in [0.1, 0.15) is 50.7 Å². The van der Waals surface area contributed by atoms with Gasteiger partial charge in [-0.1, -0.05) is 49.6 Å². The van der Waals surface area contributed by atoms with Gasteiger partial charge in [0.05, 0.1) is 12.7 Å². The average Bonchev–Trinajstić information content (AvgIpc) is 2.41. The Morgan fingerprint density at radius 2 is 1.83 bits per heavy atom. The Labute approximate surface area is 110 Å². The van der Waals surface area contributed by atoms with Gasteiger partial charge in [0.1, 0.15) is 6.10 Å². The third kappa shape index (κ3) is 3.82. The van der Waals surface area contributed by atoms with E-state index in [9.17, 15) is 5.11 Å². The Morgan fingerprint density at radius 3 is 2.44 bits per heavy atom. The van der Waals surface area contributed by atoms with Crippen LogP contribution < -0.4 is 0 Å². The molecular formula is C16H23O2. The number of hydrogen-bond donors (Lipinski definition) is 0. The predicted octanol–water partition coefficient (Wildman–Crippen LogP) is 4.14. The maximum absolute atomic E-state index is 11.2. The minimum atomic E-state index is -0.639. The van der Waals surface area contributed by atoms with Gasteiger partial charge in [-0.25, -0.2) is 5.11 Å². The molecule has 0 aliphatic heterocycles. The summed E-state index contributed by atoms with van der Waals surface area (Å²) in [7, 11) is 0. The summed E-state index contributed by atoms with van der Waals surface area (Å²) in [6.45, 7) is 1.99. The van der Waals surface area contributed by atoms with Crippen LogP contribution in [0.25, 0.3) is 0 Å². The Bertz CT molecular complexity index is 328. The fourth-order valence-corrected chi connectivity index (χ4v) is 2.82. The Hall–Kier alpha value is -0.860. The quantitative estimate of drug-likeness (QED) is 0.768. The largest absolute Gasteiger partial charge is 0.370 e. The van der Waals surface area contributed by atoms with Crippen LogP contribution in [0.2, 0.25) is 0 Å². The van der Waals surface area contributed by atoms with E-state index in [1.807, 2.05) is 6.07 Å². The topological polar surface area (TPSA) is 29.1 Å². The summed E-state index contributed by atoms with van der Waals surface area (Å²) >= 11 is 0. The van der Waals surface area contributed by atoms with Gasteiger partial charge in [-0.2, -0.15) is 0 Å². The van der Waals surface area contributed by atoms with Crippen molar-refractivity contribution in [3.63, 3.8) is 0 Å². The molecule has 1 aliphatic carbocycles. The van der Waals surface area contributed by atoms with Crippen LogP contribution in [0, 0.1) is 5.92 Å². The summed E-state index contributed by atoms with van der Waals surface area (Å²) < 4.78 is 5.92. The van der Waals surface area contributed by atoms with Gasteiger partial charge in [-0.3, -0.25) is 0 Å². The van der Waals surface area contributed by atoms with Gasteiger partial charge in [-0.05, 0) is 31.2 Å². The number of benzene rings is 1. The van der Waals surface area contributed by atoms with Gasteiger partial charge in [0, 0.05) is 0 Å². The standard InChI is InChI=1S/C16H23O2/c1-13(17)12-18-16(14-8-4-2-5-9-14)15-10-6-3-7-11-15/h2,4-5,8-9,13,15-16H,3,6-7,10-12H2,1H3. The zero-order valence-electron chi connectivity index (χ0n) is 11.2. The van der Waals surface area contributed by atoms with Crippen LogP contribution in [-0.2, 0) is 9.84 Å². The summed E-state index contributed by atoms with van der Waals surface area (Å²) in [6.07, 6.45) is 5.87. The van der Waals surface area contributed by atoms with Crippen LogP contribution in [-0.4, -0.2) is 12.7 Å². The first-order valence-corrected chi connectivity index (χ1v) is 7.09. The molecule has 0 bridgehead atoms. The highest BCUT2D eigenvalue weighted by Crippen LogP contribution is 2.36. The van der Waals surface area contributed by atoms with Gasteiger partial charge >= 0.3 is 0 Å². The molecule has 0 aromatic heterocycles. The van der Waals surface area contributed by atoms with E-state index in [1.165, 1.54) is 37.7 Å². The zero-order valence-corrected chi connectivity index (χ0v) is 11.2. The van der Waals surface area contributed by atoms with E-state index in [0.717, 1.165) is 0 Å². The van der Waals surface area contributed by atoms with Crippen LogP contribution in [0.5, 0.6) is 0 Å². The summed E-state index contributed by atoms with van der Waals surface area (Å²) in [5, 5.41) is 11.2. The second-order valence-electron chi connectivity index (χ2n) is 5.37. The molecule has 2 heteroatoms. The number of rotatable bonds is 5. The van der Waals surface area contributed by atoms with Crippen LogP contribution >= 0.6 is 0 Å². The monoisotopic (exact) mass is 247 g/mol. The number of hydrogen-bond acceptors (Lipinski definition) is 1. The minimum absolute atomic E-state index is 0.114. The van der Waals surface area contributed by atoms with Crippen molar-refractivity contribution in [1.82, 2.24) is 0 Å². The lowest BCUT2D eigenvalue weighted by molar-refractivity contribution is -0.0569. The van der Waals surface area contributed by atoms with E-state index in [-0.39, 0.29) is 6.10 Å². The molecule has 2 unspecified atom stereocenters. The fourth-order valence-electron chi connectivity index (χ4n) is 2.82. The molecule has 1 saturated carbocycles. The van der Waals surface area contributed by atoms with Crippen molar-refractivity contribution < 1.29 is 9.84 Å². The van der Waals surface area contributed by atoms with Crippen molar-refractivity contribution >= 4 is 0 Å². The highest BCUT2D eigenvalue weighted by molar-refractivity contribution is 5.18. The molecule has 1 aromatic carbocycles. The summed E-state index contributed by atoms with van der Waals surface area (Å²) in [4.78, 5) is 0. The van der Waals surface area contributed by atoms with Crippen molar-refractivity contribution in [2.75, 3.05) is 6.61 Å². The maximum atomic E-state index is 11.2. The third-order valence-electron chi connectivity index (χ3n) is 3.72. The predicted molar refractivity (Wildman–Crippen MR) is 71.9 cm³/mol. The van der Waals surface area contributed by atoms with Crippen molar-refractivity contribution in [2.24, 2.45) is 5.92 Å². The smallest absolute Gasteiger partial charge is 0.113 e. The molecule has 1 fully saturated rings. The SMILES string of the molecule is CC([O])COC(c1ccccc1)C1CCCCC1. The molecule has 0 amide bonds. The van der Waals surface area contributed by atoms with Crippen LogP contribution in [0.3, 0.4) is 0 Å². The summed E-state index contributed by atoms with van der Waals surface area (Å²) in [6, 6.07) is 10.4. The maximum Gasteiger partial charge on any atom is 0.113 e. The first-order valence-electron chi connectivity index (χ1n) is 7.09. The Kier molecular flexibility index (Phi) is 5.21. The van der Waals surface area contributed by atoms with Gasteiger partial charge in [0.2, 0.25) is 0 Å². The van der Waals surface area contributed by atoms with Gasteiger partial charge in [-0.15, -0.1) is 0 Å². The van der Waals surface area contributed by atoms with Crippen LogP contribution in [0.15, 0.2) is 30.3 Å². The first-order chi connectivity index (χ1) is 8.77. The lowest BCUT2D eigenvalue weighted by atomic mass is 9.82. The number of ether oxygens (including phenoxy) is 1. The first kappa shape index (κ1) is 13.6. The fraction of sp³-hybridized carbons (Fsp3) is 0.625. The van der Waals surface area contributed by atoms with Crippen molar-refractivity contribution in [1.29, 1.82) is 0 Å². The van der Waals surface area contributed by atoms with E-state index in [4.69, 9.17) is 4.74 Å². The van der Waals surface area contributed by atoms with Gasteiger partial charge in [0.15, 0.2) is 0 Å². The molecule has 2 nitrogen and oxygen atoms in total. The molecule has 1 radical (unpaired) electrons. The molecule has 0 N–H and O–H groups in total. The Balaban J connectivity index is 2.06. The zero-order chi connectivity index (χ0) is 12.8. The molecular weight excluding hydrogens is 224 g/mol. The van der Waals surface area contributed by atoms with Crippen molar-refractivity contribution in [3.8, 4) is 0 Å². The van der Waals surface area contributed by atoms with E-state index >= 15 is 0 Å². The second-order valence-corrected chi connectivity index (χ2v) is 5.37. The lowest BCUT2D eigenvalue weighted by Crippen LogP contribution is -2.22. The highest BCUT2D eigenvalue weighted by atomic mass is 16.5. The molecule has 0 saturated heterocycles. The average molecular weight is 247 g/mol. The van der Waals surface area contributed by atoms with Gasteiger partial charge in [0.25, 0.3) is 0 Å². The summed E-state index contributed by atoms with van der Waals surface area (Å²) in [5.41, 5.74) is 1.23. The lowest BCUT2D eigenvalue weighted by Gasteiger charge is -2.31. The van der Waals surface area contributed by atoms with Crippen LogP contribution in [0.4, 0.5) is 0 Å². The normalized spacial score (nSPS) is 20.6. The van der Waals surface area contributed by atoms with E-state index in [1.54, 1.807) is 6.92 Å². The molecule has 2 rings (SSSR count). The Morgan fingerprint density at radius 1 is 1.17 bits per heavy atom. The third-order valence-corrected chi connectivity index (χ3v) is 3.72. The van der Waals surface area contributed by atoms with Crippen molar-refractivity contribution in [3.05, 3.63) is 35.9 Å². The van der Waals surface area contributed by atoms with Crippen molar-refractivity contribution in [2.45, 2.75) is 51.2 Å².